The molecule has 2 aromatic rings. The van der Waals surface area contributed by atoms with Crippen LogP contribution in [0, 0.1) is 6.92 Å². The van der Waals surface area contributed by atoms with Gasteiger partial charge in [0, 0.05) is 18.0 Å². The highest BCUT2D eigenvalue weighted by molar-refractivity contribution is 7.18. The highest BCUT2D eigenvalue weighted by atomic mass is 32.1. The highest BCUT2D eigenvalue weighted by Gasteiger charge is 2.06. The number of nitrogens with zero attached hydrogens (tertiary/aromatic N) is 2. The van der Waals surface area contributed by atoms with Gasteiger partial charge >= 0.3 is 0 Å². The standard InChI is InChI=1S/C12H16N2O2S/c1-9-7-10-11(17-9)13-8-14(12(10)16)5-3-2-4-6-15/h7-8,15H,2-6H2,1H3. The lowest BCUT2D eigenvalue weighted by Gasteiger charge is -2.04. The minimum absolute atomic E-state index is 0.0448. The van der Waals surface area contributed by atoms with Crippen molar-refractivity contribution in [2.75, 3.05) is 6.61 Å². The molecule has 2 aromatic heterocycles. The first-order valence-electron chi connectivity index (χ1n) is 5.79. The van der Waals surface area contributed by atoms with E-state index in [0.29, 0.717) is 6.54 Å². The molecule has 0 aliphatic heterocycles. The van der Waals surface area contributed by atoms with Crippen LogP contribution in [0.1, 0.15) is 24.1 Å². The van der Waals surface area contributed by atoms with Crippen LogP contribution in [-0.4, -0.2) is 21.3 Å². The van der Waals surface area contributed by atoms with Gasteiger partial charge in [-0.3, -0.25) is 9.36 Å². The zero-order valence-corrected chi connectivity index (χ0v) is 10.7. The fourth-order valence-corrected chi connectivity index (χ4v) is 2.65. The molecule has 5 heteroatoms. The van der Waals surface area contributed by atoms with Gasteiger partial charge in [-0.25, -0.2) is 4.98 Å². The van der Waals surface area contributed by atoms with Crippen molar-refractivity contribution in [3.8, 4) is 0 Å². The molecule has 4 nitrogen and oxygen atoms in total. The van der Waals surface area contributed by atoms with Crippen molar-refractivity contribution in [3.05, 3.63) is 27.6 Å². The molecule has 0 fully saturated rings. The Morgan fingerprint density at radius 1 is 1.41 bits per heavy atom. The molecule has 0 aromatic carbocycles. The van der Waals surface area contributed by atoms with Gasteiger partial charge in [0.2, 0.25) is 0 Å². The average molecular weight is 252 g/mol. The van der Waals surface area contributed by atoms with Crippen LogP contribution in [0.5, 0.6) is 0 Å². The number of hydrogen-bond donors (Lipinski definition) is 1. The molecule has 0 saturated carbocycles. The minimum Gasteiger partial charge on any atom is -0.396 e. The van der Waals surface area contributed by atoms with Gasteiger partial charge in [-0.1, -0.05) is 0 Å². The van der Waals surface area contributed by atoms with Gasteiger partial charge < -0.3 is 5.11 Å². The fraction of sp³-hybridized carbons (Fsp3) is 0.500. The van der Waals surface area contributed by atoms with Crippen LogP contribution in [0.15, 0.2) is 17.2 Å². The molecule has 0 aliphatic rings. The van der Waals surface area contributed by atoms with Crippen LogP contribution < -0.4 is 5.56 Å². The third-order valence-electron chi connectivity index (χ3n) is 2.70. The fourth-order valence-electron chi connectivity index (χ4n) is 1.81. The third kappa shape index (κ3) is 2.73. The summed E-state index contributed by atoms with van der Waals surface area (Å²) in [5, 5.41) is 9.40. The summed E-state index contributed by atoms with van der Waals surface area (Å²) in [6.07, 6.45) is 4.25. The van der Waals surface area contributed by atoms with E-state index in [0.717, 1.165) is 34.4 Å². The van der Waals surface area contributed by atoms with Crippen LogP contribution in [0.3, 0.4) is 0 Å². The molecule has 0 amide bonds. The lowest BCUT2D eigenvalue weighted by molar-refractivity contribution is 0.281. The molecule has 2 rings (SSSR count). The maximum Gasteiger partial charge on any atom is 0.262 e. The number of fused-ring (bicyclic) bond motifs is 1. The summed E-state index contributed by atoms with van der Waals surface area (Å²) in [5.74, 6) is 0. The molecule has 2 heterocycles. The monoisotopic (exact) mass is 252 g/mol. The molecule has 0 aliphatic carbocycles. The Hall–Kier alpha value is -1.20. The van der Waals surface area contributed by atoms with E-state index in [4.69, 9.17) is 5.11 Å². The van der Waals surface area contributed by atoms with Crippen molar-refractivity contribution in [2.24, 2.45) is 0 Å². The predicted octanol–water partition coefficient (Wildman–Crippen LogP) is 1.93. The van der Waals surface area contributed by atoms with Crippen LogP contribution in [-0.2, 0) is 6.54 Å². The Balaban J connectivity index is 2.18. The Kier molecular flexibility index (Phi) is 3.91. The molecule has 0 saturated heterocycles. The van der Waals surface area contributed by atoms with E-state index < -0.39 is 0 Å². The zero-order valence-electron chi connectivity index (χ0n) is 9.85. The van der Waals surface area contributed by atoms with Crippen LogP contribution in [0.2, 0.25) is 0 Å². The summed E-state index contributed by atoms with van der Waals surface area (Å²) in [5.41, 5.74) is 0.0448. The van der Waals surface area contributed by atoms with Crippen molar-refractivity contribution in [3.63, 3.8) is 0 Å². The minimum atomic E-state index is 0.0448. The van der Waals surface area contributed by atoms with E-state index in [9.17, 15) is 4.79 Å². The van der Waals surface area contributed by atoms with E-state index in [1.54, 1.807) is 22.2 Å². The molecule has 0 unspecified atom stereocenters. The second-order valence-corrected chi connectivity index (χ2v) is 5.34. The Labute approximate surface area is 104 Å². The van der Waals surface area contributed by atoms with Crippen LogP contribution in [0.4, 0.5) is 0 Å². The van der Waals surface area contributed by atoms with Crippen molar-refractivity contribution in [2.45, 2.75) is 32.7 Å². The summed E-state index contributed by atoms with van der Waals surface area (Å²) in [4.78, 5) is 18.3. The Bertz CT molecular complexity index is 559. The summed E-state index contributed by atoms with van der Waals surface area (Å²) in [7, 11) is 0. The van der Waals surface area contributed by atoms with Gasteiger partial charge in [0.25, 0.3) is 5.56 Å². The number of rotatable bonds is 5. The Morgan fingerprint density at radius 2 is 2.24 bits per heavy atom. The number of aryl methyl sites for hydroxylation is 2. The van der Waals surface area contributed by atoms with Crippen molar-refractivity contribution in [1.29, 1.82) is 0 Å². The number of hydrogen-bond acceptors (Lipinski definition) is 4. The highest BCUT2D eigenvalue weighted by Crippen LogP contribution is 2.19. The summed E-state index contributed by atoms with van der Waals surface area (Å²) in [6, 6.07) is 1.90. The van der Waals surface area contributed by atoms with Crippen molar-refractivity contribution < 1.29 is 5.11 Å². The Morgan fingerprint density at radius 3 is 3.00 bits per heavy atom. The summed E-state index contributed by atoms with van der Waals surface area (Å²) >= 11 is 1.55. The molecule has 0 spiro atoms. The quantitative estimate of drug-likeness (QED) is 0.827. The first kappa shape index (κ1) is 12.3. The average Bonchev–Trinajstić information content (AvgIpc) is 2.69. The lowest BCUT2D eigenvalue weighted by atomic mass is 10.2. The van der Waals surface area contributed by atoms with Crippen LogP contribution >= 0.6 is 11.3 Å². The molecule has 0 bridgehead atoms. The van der Waals surface area contributed by atoms with E-state index >= 15 is 0 Å². The molecule has 92 valence electrons. The van der Waals surface area contributed by atoms with E-state index in [-0.39, 0.29) is 12.2 Å². The summed E-state index contributed by atoms with van der Waals surface area (Å²) in [6.45, 7) is 2.88. The second kappa shape index (κ2) is 5.42. The van der Waals surface area contributed by atoms with Gasteiger partial charge in [-0.15, -0.1) is 11.3 Å². The number of unbranched alkanes of at least 4 members (excludes halogenated alkanes) is 2. The van der Waals surface area contributed by atoms with Crippen molar-refractivity contribution in [1.82, 2.24) is 9.55 Å². The third-order valence-corrected chi connectivity index (χ3v) is 3.66. The zero-order chi connectivity index (χ0) is 12.3. The SMILES string of the molecule is Cc1cc2c(=O)n(CCCCCO)cnc2s1. The molecule has 17 heavy (non-hydrogen) atoms. The lowest BCUT2D eigenvalue weighted by Crippen LogP contribution is -2.19. The second-order valence-electron chi connectivity index (χ2n) is 4.10. The van der Waals surface area contributed by atoms with E-state index in [1.165, 1.54) is 0 Å². The maximum atomic E-state index is 12.1. The van der Waals surface area contributed by atoms with Gasteiger partial charge in [0.15, 0.2) is 0 Å². The largest absolute Gasteiger partial charge is 0.396 e. The molecule has 1 N–H and O–H groups in total. The number of thiophene rings is 1. The van der Waals surface area contributed by atoms with Gasteiger partial charge in [-0.05, 0) is 32.3 Å². The summed E-state index contributed by atoms with van der Waals surface area (Å²) < 4.78 is 1.66. The van der Waals surface area contributed by atoms with Gasteiger partial charge in [0.05, 0.1) is 11.7 Å². The van der Waals surface area contributed by atoms with Gasteiger partial charge in [-0.2, -0.15) is 0 Å². The predicted molar refractivity (Wildman–Crippen MR) is 69.6 cm³/mol. The normalized spacial score (nSPS) is 11.2. The molecular weight excluding hydrogens is 236 g/mol. The molecule has 0 atom stereocenters. The van der Waals surface area contributed by atoms with E-state index in [2.05, 4.69) is 4.98 Å². The molecular formula is C12H16N2O2S. The maximum absolute atomic E-state index is 12.1. The first-order chi connectivity index (χ1) is 8.22. The molecule has 0 radical (unpaired) electrons. The number of aliphatic hydroxyl groups excluding tert-OH is 1. The smallest absolute Gasteiger partial charge is 0.262 e. The van der Waals surface area contributed by atoms with Crippen LogP contribution in [0.25, 0.3) is 10.2 Å². The van der Waals surface area contributed by atoms with Gasteiger partial charge in [0.1, 0.15) is 4.83 Å². The van der Waals surface area contributed by atoms with Crippen molar-refractivity contribution >= 4 is 21.6 Å². The van der Waals surface area contributed by atoms with E-state index in [1.807, 2.05) is 13.0 Å². The topological polar surface area (TPSA) is 55.1 Å². The number of aliphatic hydroxyl groups is 1. The number of aromatic nitrogens is 2. The first-order valence-corrected chi connectivity index (χ1v) is 6.60.